The van der Waals surface area contributed by atoms with Crippen molar-refractivity contribution in [1.82, 2.24) is 5.32 Å². The van der Waals surface area contributed by atoms with E-state index in [-0.39, 0.29) is 10.7 Å². The average molecular weight is 477 g/mol. The molecule has 1 aliphatic rings. The summed E-state index contributed by atoms with van der Waals surface area (Å²) in [6.07, 6.45) is 1.47. The van der Waals surface area contributed by atoms with Gasteiger partial charge < -0.3 is 14.2 Å². The van der Waals surface area contributed by atoms with Gasteiger partial charge in [-0.05, 0) is 60.3 Å². The minimum Gasteiger partial charge on any atom is -0.497 e. The lowest BCUT2D eigenvalue weighted by atomic mass is 10.1. The first-order chi connectivity index (χ1) is 13.9. The third kappa shape index (κ3) is 4.10. The summed E-state index contributed by atoms with van der Waals surface area (Å²) in [5.74, 6) is 0.506. The summed E-state index contributed by atoms with van der Waals surface area (Å²) in [6, 6.07) is 10.1. The molecule has 0 aliphatic carbocycles. The van der Waals surface area contributed by atoms with Gasteiger partial charge >= 0.3 is 0 Å². The maximum Gasteiger partial charge on any atom is 0.270 e. The molecule has 150 valence electrons. The highest BCUT2D eigenvalue weighted by atomic mass is 79.9. The Kier molecular flexibility index (Phi) is 6.19. The van der Waals surface area contributed by atoms with Gasteiger partial charge in [0.15, 0.2) is 16.6 Å². The van der Waals surface area contributed by atoms with Gasteiger partial charge in [0.2, 0.25) is 0 Å². The summed E-state index contributed by atoms with van der Waals surface area (Å²) in [7, 11) is 4.58. The van der Waals surface area contributed by atoms with E-state index in [0.29, 0.717) is 33.0 Å². The number of nitrogens with one attached hydrogen (secondary N) is 1. The zero-order valence-electron chi connectivity index (χ0n) is 15.8. The van der Waals surface area contributed by atoms with E-state index in [2.05, 4.69) is 21.2 Å². The monoisotopic (exact) mass is 476 g/mol. The lowest BCUT2D eigenvalue weighted by Crippen LogP contribution is -2.54. The number of hydrogen-bond donors (Lipinski definition) is 1. The third-order valence-corrected chi connectivity index (χ3v) is 5.21. The molecule has 7 nitrogen and oxygen atoms in total. The molecule has 1 N–H and O–H groups in total. The van der Waals surface area contributed by atoms with Gasteiger partial charge in [0.1, 0.15) is 11.3 Å². The number of benzene rings is 2. The van der Waals surface area contributed by atoms with Crippen LogP contribution in [0.3, 0.4) is 0 Å². The number of methoxy groups -OCH3 is 3. The van der Waals surface area contributed by atoms with Gasteiger partial charge in [-0.25, -0.2) is 0 Å². The van der Waals surface area contributed by atoms with Gasteiger partial charge in [-0.3, -0.25) is 19.8 Å². The molecular formula is C20H17BrN2O5S. The van der Waals surface area contributed by atoms with E-state index in [9.17, 15) is 9.59 Å². The summed E-state index contributed by atoms with van der Waals surface area (Å²) < 4.78 is 16.3. The summed E-state index contributed by atoms with van der Waals surface area (Å²) in [4.78, 5) is 26.8. The van der Waals surface area contributed by atoms with Crippen LogP contribution in [-0.2, 0) is 9.59 Å². The summed E-state index contributed by atoms with van der Waals surface area (Å²) >= 11 is 8.64. The molecule has 1 saturated heterocycles. The van der Waals surface area contributed by atoms with Crippen LogP contribution in [-0.4, -0.2) is 38.3 Å². The fraction of sp³-hybridized carbons (Fsp3) is 0.150. The van der Waals surface area contributed by atoms with Crippen LogP contribution in [0, 0.1) is 0 Å². The van der Waals surface area contributed by atoms with Crippen LogP contribution in [0.25, 0.3) is 6.08 Å². The largest absolute Gasteiger partial charge is 0.497 e. The van der Waals surface area contributed by atoms with E-state index in [0.717, 1.165) is 0 Å². The predicted molar refractivity (Wildman–Crippen MR) is 116 cm³/mol. The van der Waals surface area contributed by atoms with E-state index in [1.165, 1.54) is 25.2 Å². The first-order valence-electron chi connectivity index (χ1n) is 8.36. The molecule has 2 amide bonds. The lowest BCUT2D eigenvalue weighted by Gasteiger charge is -2.29. The first kappa shape index (κ1) is 20.8. The number of anilines is 1. The van der Waals surface area contributed by atoms with Gasteiger partial charge in [0.25, 0.3) is 11.8 Å². The van der Waals surface area contributed by atoms with Gasteiger partial charge in [0, 0.05) is 4.47 Å². The average Bonchev–Trinajstić information content (AvgIpc) is 2.72. The molecule has 0 bridgehead atoms. The van der Waals surface area contributed by atoms with Crippen molar-refractivity contribution >= 4 is 56.8 Å². The molecule has 29 heavy (non-hydrogen) atoms. The van der Waals surface area contributed by atoms with Gasteiger partial charge in [0.05, 0.1) is 27.0 Å². The quantitative estimate of drug-likeness (QED) is 0.405. The third-order valence-electron chi connectivity index (χ3n) is 4.24. The van der Waals surface area contributed by atoms with Crippen molar-refractivity contribution in [3.05, 3.63) is 52.0 Å². The van der Waals surface area contributed by atoms with Crippen LogP contribution in [0.2, 0.25) is 0 Å². The molecule has 0 radical (unpaired) electrons. The fourth-order valence-electron chi connectivity index (χ4n) is 2.76. The molecule has 3 rings (SSSR count). The Morgan fingerprint density at radius 2 is 1.62 bits per heavy atom. The van der Waals surface area contributed by atoms with Crippen molar-refractivity contribution < 1.29 is 23.8 Å². The zero-order chi connectivity index (χ0) is 21.1. The van der Waals surface area contributed by atoms with Gasteiger partial charge in [-0.15, -0.1) is 0 Å². The van der Waals surface area contributed by atoms with Crippen molar-refractivity contribution in [2.45, 2.75) is 0 Å². The topological polar surface area (TPSA) is 77.1 Å². The van der Waals surface area contributed by atoms with Gasteiger partial charge in [-0.1, -0.05) is 15.9 Å². The van der Waals surface area contributed by atoms with E-state index in [4.69, 9.17) is 26.4 Å². The smallest absolute Gasteiger partial charge is 0.270 e. The number of nitrogens with zero attached hydrogens (tertiary/aromatic N) is 1. The standard InChI is InChI=1S/C20H17BrN2O5S/c1-26-13-6-4-12(5-7-13)23-19(25)14(18(24)22-20(23)29)8-11-9-16(27-2)17(28-3)10-15(11)21/h4-10H,1-3H3,(H,22,24,29)/b14-8-. The number of carbonyl (C=O) groups excluding carboxylic acids is 2. The number of carbonyl (C=O) groups is 2. The molecule has 1 heterocycles. The number of amides is 2. The van der Waals surface area contributed by atoms with Crippen molar-refractivity contribution in [3.8, 4) is 17.2 Å². The Labute approximate surface area is 181 Å². The number of halogens is 1. The van der Waals surface area contributed by atoms with E-state index in [1.807, 2.05) is 0 Å². The first-order valence-corrected chi connectivity index (χ1v) is 9.56. The van der Waals surface area contributed by atoms with Crippen molar-refractivity contribution in [1.29, 1.82) is 0 Å². The highest BCUT2D eigenvalue weighted by molar-refractivity contribution is 9.10. The number of rotatable bonds is 5. The molecule has 0 atom stereocenters. The Balaban J connectivity index is 2.03. The maximum absolute atomic E-state index is 13.1. The maximum atomic E-state index is 13.1. The Morgan fingerprint density at radius 3 is 2.21 bits per heavy atom. The fourth-order valence-corrected chi connectivity index (χ4v) is 3.48. The van der Waals surface area contributed by atoms with Crippen LogP contribution >= 0.6 is 28.1 Å². The van der Waals surface area contributed by atoms with Crippen molar-refractivity contribution in [2.75, 3.05) is 26.2 Å². The highest BCUT2D eigenvalue weighted by Crippen LogP contribution is 2.35. The minimum absolute atomic E-state index is 0.00805. The Morgan fingerprint density at radius 1 is 1.00 bits per heavy atom. The summed E-state index contributed by atoms with van der Waals surface area (Å²) in [6.45, 7) is 0. The molecule has 2 aromatic carbocycles. The lowest BCUT2D eigenvalue weighted by molar-refractivity contribution is -0.122. The second-order valence-electron chi connectivity index (χ2n) is 5.88. The SMILES string of the molecule is COc1ccc(N2C(=O)/C(=C\c3cc(OC)c(OC)cc3Br)C(=O)NC2=S)cc1. The van der Waals surface area contributed by atoms with Crippen LogP contribution < -0.4 is 24.4 Å². The van der Waals surface area contributed by atoms with E-state index < -0.39 is 11.8 Å². The number of ether oxygens (including phenoxy) is 3. The Bertz CT molecular complexity index is 1020. The number of hydrogen-bond acceptors (Lipinski definition) is 6. The normalized spacial score (nSPS) is 15.4. The van der Waals surface area contributed by atoms with Crippen molar-refractivity contribution in [2.24, 2.45) is 0 Å². The van der Waals surface area contributed by atoms with Crippen LogP contribution in [0.5, 0.6) is 17.2 Å². The van der Waals surface area contributed by atoms with Crippen LogP contribution in [0.4, 0.5) is 5.69 Å². The van der Waals surface area contributed by atoms with E-state index >= 15 is 0 Å². The second kappa shape index (κ2) is 8.62. The molecule has 1 aliphatic heterocycles. The molecule has 0 aromatic heterocycles. The summed E-state index contributed by atoms with van der Waals surface area (Å²) in [5, 5.41) is 2.56. The van der Waals surface area contributed by atoms with E-state index in [1.54, 1.807) is 43.5 Å². The molecular weight excluding hydrogens is 460 g/mol. The number of thiocarbonyl (C=S) groups is 1. The Hall–Kier alpha value is -2.91. The highest BCUT2D eigenvalue weighted by Gasteiger charge is 2.34. The molecule has 0 spiro atoms. The minimum atomic E-state index is -0.577. The molecule has 1 fully saturated rings. The predicted octanol–water partition coefficient (Wildman–Crippen LogP) is 3.31. The molecule has 0 saturated carbocycles. The molecule has 9 heteroatoms. The summed E-state index contributed by atoms with van der Waals surface area (Å²) in [5.41, 5.74) is 1.02. The van der Waals surface area contributed by atoms with Gasteiger partial charge in [-0.2, -0.15) is 0 Å². The molecule has 0 unspecified atom stereocenters. The molecule has 2 aromatic rings. The van der Waals surface area contributed by atoms with Crippen molar-refractivity contribution in [3.63, 3.8) is 0 Å². The van der Waals surface area contributed by atoms with Crippen LogP contribution in [0.1, 0.15) is 5.56 Å². The van der Waals surface area contributed by atoms with Crippen LogP contribution in [0.15, 0.2) is 46.4 Å². The zero-order valence-corrected chi connectivity index (χ0v) is 18.2. The second-order valence-corrected chi connectivity index (χ2v) is 7.13.